The minimum absolute atomic E-state index is 0.169. The van der Waals surface area contributed by atoms with Gasteiger partial charge in [-0.3, -0.25) is 0 Å². The van der Waals surface area contributed by atoms with Gasteiger partial charge in [-0.25, -0.2) is 0 Å². The van der Waals surface area contributed by atoms with Gasteiger partial charge < -0.3 is 5.11 Å². The average molecular weight is 126 g/mol. The van der Waals surface area contributed by atoms with Crippen molar-refractivity contribution >= 4 is 11.5 Å². The molecule has 0 aliphatic heterocycles. The van der Waals surface area contributed by atoms with Gasteiger partial charge in [-0.05, 0) is 11.5 Å². The monoisotopic (exact) mass is 126 g/mol. The van der Waals surface area contributed by atoms with Gasteiger partial charge in [0.15, 0.2) is 0 Å². The summed E-state index contributed by atoms with van der Waals surface area (Å²) in [5, 5.41) is 18.3. The molecule has 0 spiro atoms. The number of aromatic nitrogens is 1. The van der Waals surface area contributed by atoms with Gasteiger partial charge >= 0.3 is 0 Å². The molecule has 8 heavy (non-hydrogen) atoms. The molecule has 0 aliphatic carbocycles. The van der Waals surface area contributed by atoms with Crippen LogP contribution in [0.5, 0.6) is 5.88 Å². The maximum absolute atomic E-state index is 8.63. The molecule has 1 aromatic heterocycles. The van der Waals surface area contributed by atoms with E-state index < -0.39 is 0 Å². The molecule has 40 valence electrons. The van der Waals surface area contributed by atoms with Crippen LogP contribution in [0.15, 0.2) is 5.38 Å². The second-order valence-electron chi connectivity index (χ2n) is 1.16. The molecule has 3 nitrogen and oxygen atoms in total. The third-order valence-corrected chi connectivity index (χ3v) is 1.29. The van der Waals surface area contributed by atoms with E-state index in [-0.39, 0.29) is 11.4 Å². The van der Waals surface area contributed by atoms with E-state index in [2.05, 4.69) is 4.37 Å². The fourth-order valence-corrected chi connectivity index (χ4v) is 0.822. The fourth-order valence-electron chi connectivity index (χ4n) is 0.307. The summed E-state index contributed by atoms with van der Waals surface area (Å²) >= 11 is 1.07. The number of hydrogen-bond acceptors (Lipinski definition) is 4. The zero-order valence-electron chi connectivity index (χ0n) is 3.83. The minimum atomic E-state index is -0.169. The zero-order chi connectivity index (χ0) is 5.98. The van der Waals surface area contributed by atoms with E-state index >= 15 is 0 Å². The third-order valence-electron chi connectivity index (χ3n) is 0.671. The van der Waals surface area contributed by atoms with Crippen LogP contribution in [0.4, 0.5) is 0 Å². The van der Waals surface area contributed by atoms with Crippen molar-refractivity contribution in [3.63, 3.8) is 0 Å². The summed E-state index contributed by atoms with van der Waals surface area (Å²) < 4.78 is 3.46. The Bertz CT molecular complexity index is 224. The molecule has 0 aromatic carbocycles. The highest BCUT2D eigenvalue weighted by Gasteiger charge is 1.98. The Morgan fingerprint density at radius 1 is 1.88 bits per heavy atom. The Labute approximate surface area is 50.0 Å². The van der Waals surface area contributed by atoms with Gasteiger partial charge in [0.05, 0.1) is 0 Å². The minimum Gasteiger partial charge on any atom is -0.492 e. The molecule has 4 heteroatoms. The van der Waals surface area contributed by atoms with Crippen molar-refractivity contribution in [1.82, 2.24) is 4.37 Å². The summed E-state index contributed by atoms with van der Waals surface area (Å²) in [6.45, 7) is 0. The lowest BCUT2D eigenvalue weighted by Crippen LogP contribution is -1.64. The Kier molecular flexibility index (Phi) is 1.14. The molecule has 0 atom stereocenters. The number of rotatable bonds is 0. The fraction of sp³-hybridized carbons (Fsp3) is 0. The van der Waals surface area contributed by atoms with E-state index in [1.165, 1.54) is 5.38 Å². The van der Waals surface area contributed by atoms with Crippen LogP contribution in [-0.2, 0) is 0 Å². The molecule has 0 aliphatic rings. The van der Waals surface area contributed by atoms with Gasteiger partial charge in [0, 0.05) is 5.38 Å². The van der Waals surface area contributed by atoms with Crippen molar-refractivity contribution in [2.75, 3.05) is 0 Å². The molecular weight excluding hydrogens is 124 g/mol. The summed E-state index contributed by atoms with van der Waals surface area (Å²) in [7, 11) is 0. The van der Waals surface area contributed by atoms with Crippen LogP contribution in [0.3, 0.4) is 0 Å². The van der Waals surface area contributed by atoms with Crippen LogP contribution < -0.4 is 0 Å². The Morgan fingerprint density at radius 2 is 2.62 bits per heavy atom. The van der Waals surface area contributed by atoms with Crippen LogP contribution in [0.25, 0.3) is 0 Å². The number of nitriles is 1. The van der Waals surface area contributed by atoms with E-state index in [0.717, 1.165) is 11.5 Å². The molecule has 1 rings (SSSR count). The van der Waals surface area contributed by atoms with Crippen LogP contribution in [0.2, 0.25) is 0 Å². The first-order chi connectivity index (χ1) is 3.84. The second-order valence-corrected chi connectivity index (χ2v) is 1.79. The van der Waals surface area contributed by atoms with E-state index in [9.17, 15) is 0 Å². The van der Waals surface area contributed by atoms with Crippen molar-refractivity contribution in [2.24, 2.45) is 0 Å². The molecule has 0 saturated carbocycles. The molecule has 1 N–H and O–H groups in total. The largest absolute Gasteiger partial charge is 0.492 e. The smallest absolute Gasteiger partial charge is 0.240 e. The second kappa shape index (κ2) is 1.80. The first-order valence-corrected chi connectivity index (χ1v) is 2.71. The Balaban J connectivity index is 3.15. The maximum atomic E-state index is 8.63. The topological polar surface area (TPSA) is 56.9 Å². The van der Waals surface area contributed by atoms with Gasteiger partial charge in [-0.2, -0.15) is 9.64 Å². The van der Waals surface area contributed by atoms with Crippen molar-refractivity contribution in [2.45, 2.75) is 0 Å². The standard InChI is InChI=1S/C4H2N2OS/c5-1-3-2-8-6-4(3)7/h2H,(H,6,7). The molecule has 1 aromatic rings. The predicted octanol–water partition coefficient (Wildman–Crippen LogP) is 0.720. The number of aromatic hydroxyl groups is 1. The van der Waals surface area contributed by atoms with Crippen LogP contribution >= 0.6 is 11.5 Å². The first-order valence-electron chi connectivity index (χ1n) is 1.88. The first kappa shape index (κ1) is 5.06. The highest BCUT2D eigenvalue weighted by Crippen LogP contribution is 2.14. The van der Waals surface area contributed by atoms with E-state index in [0.29, 0.717) is 0 Å². The SMILES string of the molecule is N#Cc1csnc1O. The molecule has 0 saturated heterocycles. The summed E-state index contributed by atoms with van der Waals surface area (Å²) in [6, 6.07) is 1.77. The number of nitrogens with zero attached hydrogens (tertiary/aromatic N) is 2. The third kappa shape index (κ3) is 0.634. The van der Waals surface area contributed by atoms with Gasteiger partial charge in [0.25, 0.3) is 0 Å². The molecular formula is C4H2N2OS. The lowest BCUT2D eigenvalue weighted by Gasteiger charge is -1.74. The summed E-state index contributed by atoms with van der Waals surface area (Å²) in [4.78, 5) is 0. The van der Waals surface area contributed by atoms with E-state index in [4.69, 9.17) is 10.4 Å². The molecule has 0 unspecified atom stereocenters. The summed E-state index contributed by atoms with van der Waals surface area (Å²) in [5.41, 5.74) is 0.245. The quantitative estimate of drug-likeness (QED) is 0.557. The number of hydrogen-bond donors (Lipinski definition) is 1. The maximum Gasteiger partial charge on any atom is 0.240 e. The molecule has 0 radical (unpaired) electrons. The van der Waals surface area contributed by atoms with Crippen LogP contribution in [-0.4, -0.2) is 9.48 Å². The Hall–Kier alpha value is -1.08. The average Bonchev–Trinajstić information content (AvgIpc) is 2.14. The molecule has 1 heterocycles. The van der Waals surface area contributed by atoms with Crippen LogP contribution in [0, 0.1) is 11.3 Å². The predicted molar refractivity (Wildman–Crippen MR) is 28.5 cm³/mol. The van der Waals surface area contributed by atoms with Gasteiger partial charge in [-0.15, -0.1) is 0 Å². The molecule has 0 amide bonds. The van der Waals surface area contributed by atoms with Gasteiger partial charge in [0.1, 0.15) is 11.6 Å². The van der Waals surface area contributed by atoms with Crippen molar-refractivity contribution in [3.05, 3.63) is 10.9 Å². The van der Waals surface area contributed by atoms with Crippen LogP contribution in [0.1, 0.15) is 5.56 Å². The Morgan fingerprint density at radius 3 is 2.88 bits per heavy atom. The zero-order valence-corrected chi connectivity index (χ0v) is 4.64. The van der Waals surface area contributed by atoms with Crippen molar-refractivity contribution in [3.8, 4) is 11.9 Å². The van der Waals surface area contributed by atoms with Gasteiger partial charge in [-0.1, -0.05) is 0 Å². The molecule has 0 fully saturated rings. The molecule has 0 bridgehead atoms. The van der Waals surface area contributed by atoms with Gasteiger partial charge in [0.2, 0.25) is 5.88 Å². The van der Waals surface area contributed by atoms with E-state index in [1.54, 1.807) is 6.07 Å². The van der Waals surface area contributed by atoms with Crippen molar-refractivity contribution < 1.29 is 5.11 Å². The van der Waals surface area contributed by atoms with Crippen molar-refractivity contribution in [1.29, 1.82) is 5.26 Å². The normalized spacial score (nSPS) is 8.38. The highest BCUT2D eigenvalue weighted by molar-refractivity contribution is 7.03. The lowest BCUT2D eigenvalue weighted by molar-refractivity contribution is 0.458. The summed E-state index contributed by atoms with van der Waals surface area (Å²) in [5.74, 6) is -0.169. The highest BCUT2D eigenvalue weighted by atomic mass is 32.1. The summed E-state index contributed by atoms with van der Waals surface area (Å²) in [6.07, 6.45) is 0. The van der Waals surface area contributed by atoms with E-state index in [1.807, 2.05) is 0 Å². The lowest BCUT2D eigenvalue weighted by atomic mass is 10.4.